The Morgan fingerprint density at radius 1 is 0.968 bits per heavy atom. The minimum atomic E-state index is -2.11. The Balaban J connectivity index is 2.14. The van der Waals surface area contributed by atoms with Gasteiger partial charge in [0.25, 0.3) is 11.8 Å². The van der Waals surface area contributed by atoms with E-state index in [1.165, 1.54) is 24.2 Å². The number of rotatable bonds is 12. The minimum absolute atomic E-state index is 0.0163. The van der Waals surface area contributed by atoms with Crippen LogP contribution in [0.1, 0.15) is 93.4 Å². The number of unbranched alkanes of at least 4 members (excludes halogenated alkanes) is 5. The maximum atomic E-state index is 13.3. The first kappa shape index (κ1) is 25.5. The Hall–Kier alpha value is -1.79. The molecular weight excluding hydrogens is 406 g/mol. The Morgan fingerprint density at radius 3 is 2.00 bits per heavy atom. The van der Waals surface area contributed by atoms with Crippen LogP contribution in [0.5, 0.6) is 0 Å². The zero-order valence-electron chi connectivity index (χ0n) is 20.1. The number of carbonyl (C=O) groups is 3. The van der Waals surface area contributed by atoms with Gasteiger partial charge < -0.3 is 4.43 Å². The monoisotopic (exact) mass is 445 g/mol. The van der Waals surface area contributed by atoms with Gasteiger partial charge in [0.2, 0.25) is 0 Å². The molecule has 0 saturated carbocycles. The molecule has 0 fully saturated rings. The fraction of sp³-hybridized carbons (Fsp3) is 0.640. The minimum Gasteiger partial charge on any atom is -0.409 e. The van der Waals surface area contributed by atoms with Gasteiger partial charge in [-0.25, -0.2) is 0 Å². The van der Waals surface area contributed by atoms with E-state index in [1.807, 2.05) is 0 Å². The Labute approximate surface area is 188 Å². The molecule has 0 aliphatic carbocycles. The first-order valence-electron chi connectivity index (χ1n) is 11.6. The molecule has 1 aromatic carbocycles. The molecule has 1 aromatic rings. The number of carbonyl (C=O) groups excluding carboxylic acids is 3. The second-order valence-corrected chi connectivity index (χ2v) is 14.9. The number of benzene rings is 1. The van der Waals surface area contributed by atoms with Crippen LogP contribution in [0, 0.1) is 0 Å². The summed E-state index contributed by atoms with van der Waals surface area (Å²) < 4.78 is 6.14. The predicted octanol–water partition coefficient (Wildman–Crippen LogP) is 5.99. The molecule has 31 heavy (non-hydrogen) atoms. The second kappa shape index (κ2) is 10.7. The molecule has 172 valence electrons. The molecule has 1 heterocycles. The zero-order valence-corrected chi connectivity index (χ0v) is 21.1. The Bertz CT molecular complexity index is 762. The van der Waals surface area contributed by atoms with Crippen LogP contribution in [0.25, 0.3) is 0 Å². The summed E-state index contributed by atoms with van der Waals surface area (Å²) in [6.45, 7) is 12.7. The van der Waals surface area contributed by atoms with E-state index in [0.717, 1.165) is 19.3 Å². The lowest BCUT2D eigenvalue weighted by atomic mass is 10.0. The second-order valence-electron chi connectivity index (χ2n) is 10.1. The number of fused-ring (bicyclic) bond motifs is 1. The van der Waals surface area contributed by atoms with Crippen LogP contribution >= 0.6 is 0 Å². The maximum absolute atomic E-state index is 13.3. The Kier molecular flexibility index (Phi) is 8.78. The average Bonchev–Trinajstić information content (AvgIpc) is 2.96. The van der Waals surface area contributed by atoms with E-state index in [2.05, 4.69) is 40.8 Å². The highest BCUT2D eigenvalue weighted by molar-refractivity contribution is 6.74. The van der Waals surface area contributed by atoms with Gasteiger partial charge in [-0.3, -0.25) is 19.3 Å². The third-order valence-corrected chi connectivity index (χ3v) is 11.2. The fourth-order valence-corrected chi connectivity index (χ4v) is 4.54. The largest absolute Gasteiger partial charge is 0.409 e. The maximum Gasteiger partial charge on any atom is 0.262 e. The van der Waals surface area contributed by atoms with E-state index in [1.54, 1.807) is 24.3 Å². The molecule has 1 aliphatic rings. The summed E-state index contributed by atoms with van der Waals surface area (Å²) in [5.74, 6) is -0.901. The van der Waals surface area contributed by atoms with Crippen LogP contribution in [-0.2, 0) is 9.22 Å². The fourth-order valence-electron chi connectivity index (χ4n) is 3.61. The summed E-state index contributed by atoms with van der Waals surface area (Å²) in [4.78, 5) is 40.5. The summed E-state index contributed by atoms with van der Waals surface area (Å²) in [6, 6.07) is 6.06. The molecule has 0 spiro atoms. The molecule has 0 N–H and O–H groups in total. The SMILES string of the molecule is CCCCCCCC[C@@H](C(=O)CO[Si](C)(C)C(C)(C)C)N1C(=O)c2ccccc2C1=O. The van der Waals surface area contributed by atoms with Crippen molar-refractivity contribution >= 4 is 25.9 Å². The van der Waals surface area contributed by atoms with Gasteiger partial charge in [0.1, 0.15) is 6.04 Å². The Morgan fingerprint density at radius 2 is 1.48 bits per heavy atom. The van der Waals surface area contributed by atoms with Gasteiger partial charge in [-0.2, -0.15) is 0 Å². The molecule has 2 amide bonds. The van der Waals surface area contributed by atoms with Crippen LogP contribution in [-0.4, -0.2) is 43.5 Å². The van der Waals surface area contributed by atoms with Gasteiger partial charge in [-0.05, 0) is 36.7 Å². The first-order chi connectivity index (χ1) is 14.5. The molecule has 1 aliphatic heterocycles. The molecule has 5 nitrogen and oxygen atoms in total. The molecular formula is C25H39NO4Si. The van der Waals surface area contributed by atoms with Crippen molar-refractivity contribution in [3.05, 3.63) is 35.4 Å². The average molecular weight is 446 g/mol. The third kappa shape index (κ3) is 6.13. The van der Waals surface area contributed by atoms with Crippen LogP contribution < -0.4 is 0 Å². The lowest BCUT2D eigenvalue weighted by Gasteiger charge is -2.36. The molecule has 0 unspecified atom stereocenters. The van der Waals surface area contributed by atoms with Crippen LogP contribution in [0.15, 0.2) is 24.3 Å². The highest BCUT2D eigenvalue weighted by atomic mass is 28.4. The third-order valence-electron chi connectivity index (χ3n) is 6.72. The smallest absolute Gasteiger partial charge is 0.262 e. The van der Waals surface area contributed by atoms with E-state index in [-0.39, 0.29) is 29.2 Å². The van der Waals surface area contributed by atoms with Crippen molar-refractivity contribution < 1.29 is 18.8 Å². The number of ketones is 1. The van der Waals surface area contributed by atoms with Crippen molar-refractivity contribution in [3.63, 3.8) is 0 Å². The lowest BCUT2D eigenvalue weighted by Crippen LogP contribution is -2.48. The van der Waals surface area contributed by atoms with Crippen LogP contribution in [0.4, 0.5) is 0 Å². The summed E-state index contributed by atoms with van der Waals surface area (Å²) >= 11 is 0. The molecule has 0 saturated heterocycles. The summed E-state index contributed by atoms with van der Waals surface area (Å²) in [5.41, 5.74) is 0.775. The number of nitrogens with zero attached hydrogens (tertiary/aromatic N) is 1. The topological polar surface area (TPSA) is 63.7 Å². The van der Waals surface area contributed by atoms with Gasteiger partial charge in [0, 0.05) is 0 Å². The van der Waals surface area contributed by atoms with Crippen molar-refractivity contribution in [2.45, 2.75) is 96.8 Å². The van der Waals surface area contributed by atoms with Crippen molar-refractivity contribution in [1.82, 2.24) is 4.90 Å². The molecule has 0 aromatic heterocycles. The van der Waals surface area contributed by atoms with Crippen LogP contribution in [0.2, 0.25) is 18.1 Å². The van der Waals surface area contributed by atoms with Gasteiger partial charge in [-0.15, -0.1) is 0 Å². The predicted molar refractivity (Wildman–Crippen MR) is 127 cm³/mol. The molecule has 2 rings (SSSR count). The van der Waals surface area contributed by atoms with E-state index >= 15 is 0 Å². The zero-order chi connectivity index (χ0) is 23.2. The quantitative estimate of drug-likeness (QED) is 0.225. The number of Topliss-reactive ketones (excluding diaryl/α,β-unsaturated/α-hetero) is 1. The van der Waals surface area contributed by atoms with Crippen molar-refractivity contribution in [2.75, 3.05) is 6.61 Å². The first-order valence-corrected chi connectivity index (χ1v) is 14.6. The van der Waals surface area contributed by atoms with Crippen LogP contribution in [0.3, 0.4) is 0 Å². The molecule has 0 bridgehead atoms. The van der Waals surface area contributed by atoms with Gasteiger partial charge in [-0.1, -0.05) is 78.4 Å². The number of hydrogen-bond donors (Lipinski definition) is 0. The molecule has 6 heteroatoms. The lowest BCUT2D eigenvalue weighted by molar-refractivity contribution is -0.125. The highest BCUT2D eigenvalue weighted by Crippen LogP contribution is 2.36. The highest BCUT2D eigenvalue weighted by Gasteiger charge is 2.43. The summed E-state index contributed by atoms with van der Waals surface area (Å²) in [6.07, 6.45) is 6.98. The van der Waals surface area contributed by atoms with E-state index in [9.17, 15) is 14.4 Å². The molecule has 0 radical (unpaired) electrons. The molecule has 1 atom stereocenters. The van der Waals surface area contributed by atoms with Crippen molar-refractivity contribution in [1.29, 1.82) is 0 Å². The summed E-state index contributed by atoms with van der Waals surface area (Å²) in [5, 5.41) is -0.0163. The summed E-state index contributed by atoms with van der Waals surface area (Å²) in [7, 11) is -2.11. The number of hydrogen-bond acceptors (Lipinski definition) is 4. The number of amides is 2. The van der Waals surface area contributed by atoms with Gasteiger partial charge in [0.15, 0.2) is 14.1 Å². The standard InChI is InChI=1S/C25H39NO4Si/c1-7-8-9-10-11-12-17-21(22(27)18-30-31(5,6)25(2,3)4)26-23(28)19-15-13-14-16-20(19)24(26)29/h13-16,21H,7-12,17-18H2,1-6H3/t21-/m0/s1. The van der Waals surface area contributed by atoms with Gasteiger partial charge in [0.05, 0.1) is 17.7 Å². The van der Waals surface area contributed by atoms with Gasteiger partial charge >= 0.3 is 0 Å². The normalized spacial score (nSPS) is 15.4. The van der Waals surface area contributed by atoms with Crippen molar-refractivity contribution in [2.24, 2.45) is 0 Å². The van der Waals surface area contributed by atoms with E-state index < -0.39 is 14.4 Å². The van der Waals surface area contributed by atoms with E-state index in [0.29, 0.717) is 17.5 Å². The van der Waals surface area contributed by atoms with E-state index in [4.69, 9.17) is 4.43 Å². The van der Waals surface area contributed by atoms with Crippen molar-refractivity contribution in [3.8, 4) is 0 Å². The number of imide groups is 1.